The van der Waals surface area contributed by atoms with E-state index in [0.29, 0.717) is 18.1 Å². The minimum absolute atomic E-state index is 0.00969. The van der Waals surface area contributed by atoms with Gasteiger partial charge in [-0.25, -0.2) is 0 Å². The Labute approximate surface area is 175 Å². The molecule has 4 heteroatoms. The first-order valence-corrected chi connectivity index (χ1v) is 11.5. The summed E-state index contributed by atoms with van der Waals surface area (Å²) >= 11 is 0. The fourth-order valence-electron chi connectivity index (χ4n) is 4.86. The van der Waals surface area contributed by atoms with Crippen LogP contribution in [0.5, 0.6) is 5.75 Å². The minimum Gasteiger partial charge on any atom is -0.497 e. The number of ether oxygens (including phenoxy) is 2. The predicted octanol–water partition coefficient (Wildman–Crippen LogP) is 5.83. The maximum atomic E-state index is 12.6. The molecule has 29 heavy (non-hydrogen) atoms. The van der Waals surface area contributed by atoms with Crippen LogP contribution in [0, 0.1) is 11.8 Å². The Morgan fingerprint density at radius 3 is 2.10 bits per heavy atom. The lowest BCUT2D eigenvalue weighted by atomic mass is 9.79. The van der Waals surface area contributed by atoms with Crippen LogP contribution < -0.4 is 4.74 Å². The molecule has 4 nitrogen and oxygen atoms in total. The summed E-state index contributed by atoms with van der Waals surface area (Å²) in [6.07, 6.45) is 10.1. The minimum atomic E-state index is -0.0302. The molecule has 2 fully saturated rings. The number of carbonyl (C=O) groups excluding carboxylic acids is 2. The van der Waals surface area contributed by atoms with E-state index in [1.165, 1.54) is 5.56 Å². The van der Waals surface area contributed by atoms with Crippen LogP contribution in [-0.4, -0.2) is 25.0 Å². The zero-order valence-electron chi connectivity index (χ0n) is 18.0. The van der Waals surface area contributed by atoms with E-state index in [1.54, 1.807) is 7.11 Å². The number of methoxy groups -OCH3 is 1. The third-order valence-corrected chi connectivity index (χ3v) is 6.84. The van der Waals surface area contributed by atoms with E-state index in [4.69, 9.17) is 9.47 Å². The number of hydrogen-bond acceptors (Lipinski definition) is 4. The summed E-state index contributed by atoms with van der Waals surface area (Å²) in [4.78, 5) is 24.8. The van der Waals surface area contributed by atoms with Crippen molar-refractivity contribution >= 4 is 11.8 Å². The van der Waals surface area contributed by atoms with Gasteiger partial charge in [0, 0.05) is 12.3 Å². The van der Waals surface area contributed by atoms with Gasteiger partial charge in [-0.15, -0.1) is 0 Å². The highest BCUT2D eigenvalue weighted by Crippen LogP contribution is 2.36. The lowest BCUT2D eigenvalue weighted by molar-refractivity contribution is -0.157. The van der Waals surface area contributed by atoms with E-state index in [0.717, 1.165) is 70.0 Å². The molecule has 0 unspecified atom stereocenters. The molecule has 2 aliphatic rings. The SMILES string of the molecule is CCCCC(=O)C1CCC(C(=O)OC2CCC(c3ccc(OC)cc3)CC2)CC1. The molecule has 3 rings (SSSR count). The molecule has 2 aliphatic carbocycles. The van der Waals surface area contributed by atoms with E-state index in [9.17, 15) is 9.59 Å². The van der Waals surface area contributed by atoms with Crippen LogP contribution in [0.15, 0.2) is 24.3 Å². The van der Waals surface area contributed by atoms with Crippen LogP contribution in [0.2, 0.25) is 0 Å². The summed E-state index contributed by atoms with van der Waals surface area (Å²) in [6, 6.07) is 8.34. The van der Waals surface area contributed by atoms with Crippen molar-refractivity contribution in [2.75, 3.05) is 7.11 Å². The number of unbranched alkanes of at least 4 members (excludes halogenated alkanes) is 1. The summed E-state index contributed by atoms with van der Waals surface area (Å²) in [5.41, 5.74) is 1.35. The topological polar surface area (TPSA) is 52.6 Å². The molecule has 1 aromatic rings. The second-order valence-electron chi connectivity index (χ2n) is 8.80. The first-order chi connectivity index (χ1) is 14.1. The lowest BCUT2D eigenvalue weighted by Crippen LogP contribution is -2.31. The number of ketones is 1. The second-order valence-corrected chi connectivity index (χ2v) is 8.80. The third-order valence-electron chi connectivity index (χ3n) is 6.84. The first kappa shape index (κ1) is 21.9. The van der Waals surface area contributed by atoms with Gasteiger partial charge in [-0.1, -0.05) is 25.5 Å². The van der Waals surface area contributed by atoms with Crippen molar-refractivity contribution in [1.29, 1.82) is 0 Å². The Kier molecular flexibility index (Phi) is 8.14. The second kappa shape index (κ2) is 10.8. The number of rotatable bonds is 8. The quantitative estimate of drug-likeness (QED) is 0.515. The summed E-state index contributed by atoms with van der Waals surface area (Å²) in [6.45, 7) is 2.12. The standard InChI is InChI=1S/C25H36O4/c1-3-4-5-24(26)20-6-8-21(9-7-20)25(27)29-23-16-12-19(13-17-23)18-10-14-22(28-2)15-11-18/h10-11,14-15,19-21,23H,3-9,12-13,16-17H2,1-2H3. The number of carbonyl (C=O) groups is 2. The monoisotopic (exact) mass is 400 g/mol. The van der Waals surface area contributed by atoms with Gasteiger partial charge in [-0.3, -0.25) is 9.59 Å². The molecule has 0 spiro atoms. The third kappa shape index (κ3) is 6.07. The van der Waals surface area contributed by atoms with Crippen LogP contribution in [0.25, 0.3) is 0 Å². The lowest BCUT2D eigenvalue weighted by Gasteiger charge is -2.31. The number of Topliss-reactive ketones (excluding diaryl/α,β-unsaturated/α-hetero) is 1. The van der Waals surface area contributed by atoms with Gasteiger partial charge in [0.1, 0.15) is 17.6 Å². The Hall–Kier alpha value is -1.84. The fraction of sp³-hybridized carbons (Fsp3) is 0.680. The molecule has 0 amide bonds. The van der Waals surface area contributed by atoms with Crippen molar-refractivity contribution in [2.45, 2.75) is 89.6 Å². The maximum absolute atomic E-state index is 12.6. The zero-order valence-corrected chi connectivity index (χ0v) is 18.0. The van der Waals surface area contributed by atoms with E-state index < -0.39 is 0 Å². The summed E-state index contributed by atoms with van der Waals surface area (Å²) < 4.78 is 11.1. The normalized spacial score (nSPS) is 27.2. The van der Waals surface area contributed by atoms with Gasteiger partial charge in [0.15, 0.2) is 0 Å². The molecule has 160 valence electrons. The van der Waals surface area contributed by atoms with Crippen LogP contribution in [0.1, 0.15) is 89.0 Å². The highest BCUT2D eigenvalue weighted by molar-refractivity contribution is 5.81. The number of benzene rings is 1. The van der Waals surface area contributed by atoms with E-state index in [2.05, 4.69) is 19.1 Å². The Bertz CT molecular complexity index is 650. The summed E-state index contributed by atoms with van der Waals surface area (Å²) in [5.74, 6) is 1.96. The van der Waals surface area contributed by atoms with Gasteiger partial charge in [0.25, 0.3) is 0 Å². The summed E-state index contributed by atoms with van der Waals surface area (Å²) in [5, 5.41) is 0. The molecule has 0 atom stereocenters. The van der Waals surface area contributed by atoms with E-state index >= 15 is 0 Å². The predicted molar refractivity (Wildman–Crippen MR) is 114 cm³/mol. The average Bonchev–Trinajstić information content (AvgIpc) is 2.78. The van der Waals surface area contributed by atoms with Crippen molar-refractivity contribution in [2.24, 2.45) is 11.8 Å². The van der Waals surface area contributed by atoms with Crippen molar-refractivity contribution < 1.29 is 19.1 Å². The Morgan fingerprint density at radius 2 is 1.52 bits per heavy atom. The zero-order chi connectivity index (χ0) is 20.6. The van der Waals surface area contributed by atoms with Crippen molar-refractivity contribution in [3.63, 3.8) is 0 Å². The molecule has 0 saturated heterocycles. The van der Waals surface area contributed by atoms with Crippen LogP contribution >= 0.6 is 0 Å². The largest absolute Gasteiger partial charge is 0.497 e. The van der Waals surface area contributed by atoms with Gasteiger partial charge in [-0.2, -0.15) is 0 Å². The molecule has 1 aromatic carbocycles. The van der Waals surface area contributed by atoms with Gasteiger partial charge in [0.2, 0.25) is 0 Å². The van der Waals surface area contributed by atoms with E-state index in [-0.39, 0.29) is 23.9 Å². The molecule has 0 heterocycles. The van der Waals surface area contributed by atoms with Gasteiger partial charge >= 0.3 is 5.97 Å². The highest BCUT2D eigenvalue weighted by Gasteiger charge is 2.32. The van der Waals surface area contributed by atoms with E-state index in [1.807, 2.05) is 12.1 Å². The van der Waals surface area contributed by atoms with Crippen molar-refractivity contribution in [1.82, 2.24) is 0 Å². The number of esters is 1. The number of hydrogen-bond donors (Lipinski definition) is 0. The molecular formula is C25H36O4. The highest BCUT2D eigenvalue weighted by atomic mass is 16.5. The molecule has 0 bridgehead atoms. The molecule has 0 aromatic heterocycles. The Morgan fingerprint density at radius 1 is 0.897 bits per heavy atom. The molecular weight excluding hydrogens is 364 g/mol. The van der Waals surface area contributed by atoms with Gasteiger partial charge in [0.05, 0.1) is 13.0 Å². The van der Waals surface area contributed by atoms with Crippen molar-refractivity contribution in [3.05, 3.63) is 29.8 Å². The summed E-state index contributed by atoms with van der Waals surface area (Å²) in [7, 11) is 1.69. The maximum Gasteiger partial charge on any atom is 0.309 e. The average molecular weight is 401 g/mol. The molecule has 2 saturated carbocycles. The van der Waals surface area contributed by atoms with Crippen LogP contribution in [0.3, 0.4) is 0 Å². The van der Waals surface area contributed by atoms with Gasteiger partial charge < -0.3 is 9.47 Å². The van der Waals surface area contributed by atoms with Crippen LogP contribution in [-0.2, 0) is 14.3 Å². The van der Waals surface area contributed by atoms with Gasteiger partial charge in [-0.05, 0) is 81.4 Å². The first-order valence-electron chi connectivity index (χ1n) is 11.5. The Balaban J connectivity index is 1.39. The molecule has 0 N–H and O–H groups in total. The molecule has 0 aliphatic heterocycles. The van der Waals surface area contributed by atoms with Crippen molar-refractivity contribution in [3.8, 4) is 5.75 Å². The van der Waals surface area contributed by atoms with Crippen LogP contribution in [0.4, 0.5) is 0 Å². The molecule has 0 radical (unpaired) electrons. The smallest absolute Gasteiger partial charge is 0.309 e. The fourth-order valence-corrected chi connectivity index (χ4v) is 4.86.